The van der Waals surface area contributed by atoms with Gasteiger partial charge in [-0.15, -0.1) is 0 Å². The zero-order chi connectivity index (χ0) is 21.0. The molecule has 29 heavy (non-hydrogen) atoms. The van der Waals surface area contributed by atoms with Gasteiger partial charge in [0, 0.05) is 18.7 Å². The molecule has 1 fully saturated rings. The van der Waals surface area contributed by atoms with E-state index in [0.29, 0.717) is 49.7 Å². The predicted molar refractivity (Wildman–Crippen MR) is 106 cm³/mol. The number of nitrogens with one attached hydrogen (secondary N) is 2. The number of carbonyl (C=O) groups excluding carboxylic acids is 1. The van der Waals surface area contributed by atoms with E-state index in [0.717, 1.165) is 5.56 Å². The number of hydrogen-bond donors (Lipinski definition) is 2. The Bertz CT molecular complexity index is 913. The Morgan fingerprint density at radius 3 is 2.62 bits per heavy atom. The average molecular weight is 403 g/mol. The Morgan fingerprint density at radius 1 is 1.28 bits per heavy atom. The van der Waals surface area contributed by atoms with Crippen LogP contribution in [-0.4, -0.2) is 56.1 Å². The van der Waals surface area contributed by atoms with Gasteiger partial charge in [-0.05, 0) is 30.3 Å². The van der Waals surface area contributed by atoms with Gasteiger partial charge in [0.1, 0.15) is 23.8 Å². The number of ether oxygens (including phenoxy) is 1. The topological polar surface area (TPSA) is 89.2 Å². The molecule has 1 heterocycles. The first-order chi connectivity index (χ1) is 13.9. The van der Waals surface area contributed by atoms with E-state index in [-0.39, 0.29) is 17.4 Å². The summed E-state index contributed by atoms with van der Waals surface area (Å²) in [5.41, 5.74) is 1.33. The third-order valence-electron chi connectivity index (χ3n) is 5.15. The van der Waals surface area contributed by atoms with Gasteiger partial charge in [-0.25, -0.2) is 4.39 Å². The van der Waals surface area contributed by atoms with E-state index in [1.165, 1.54) is 23.1 Å². The summed E-state index contributed by atoms with van der Waals surface area (Å²) in [6, 6.07) is 8.91. The minimum absolute atomic E-state index is 0.124. The summed E-state index contributed by atoms with van der Waals surface area (Å²) < 4.78 is 18.9. The Balaban J connectivity index is 1.65. The first kappa shape index (κ1) is 20.5. The van der Waals surface area contributed by atoms with Crippen molar-refractivity contribution >= 4 is 17.3 Å². The summed E-state index contributed by atoms with van der Waals surface area (Å²) in [5.74, 6) is 0.119. The molecule has 0 bridgehead atoms. The number of quaternary nitrogens is 1. The maximum Gasteiger partial charge on any atom is 0.293 e. The number of hydrogen-bond acceptors (Lipinski definition) is 5. The Hall–Kier alpha value is -3.20. The van der Waals surface area contributed by atoms with E-state index in [1.54, 1.807) is 37.3 Å². The highest BCUT2D eigenvalue weighted by Crippen LogP contribution is 2.25. The fourth-order valence-corrected chi connectivity index (χ4v) is 3.57. The van der Waals surface area contributed by atoms with Crippen molar-refractivity contribution < 1.29 is 23.7 Å². The molecule has 0 aliphatic carbocycles. The smallest absolute Gasteiger partial charge is 0.293 e. The maximum atomic E-state index is 13.6. The molecule has 8 nitrogen and oxygen atoms in total. The third kappa shape index (κ3) is 4.62. The van der Waals surface area contributed by atoms with Gasteiger partial charge in [-0.2, -0.15) is 0 Å². The van der Waals surface area contributed by atoms with Gasteiger partial charge in [0.25, 0.3) is 11.6 Å². The number of nitro benzene ring substituents is 1. The molecule has 9 heteroatoms. The summed E-state index contributed by atoms with van der Waals surface area (Å²) in [5, 5.41) is 14.0. The van der Waals surface area contributed by atoms with Gasteiger partial charge in [0.2, 0.25) is 0 Å². The fraction of sp³-hybridized carbons (Fsp3) is 0.350. The lowest BCUT2D eigenvalue weighted by atomic mass is 10.1. The Morgan fingerprint density at radius 2 is 2.00 bits per heavy atom. The first-order valence-corrected chi connectivity index (χ1v) is 9.34. The molecule has 1 saturated heterocycles. The predicted octanol–water partition coefficient (Wildman–Crippen LogP) is 1.33. The number of benzene rings is 2. The molecule has 0 saturated carbocycles. The number of anilines is 1. The zero-order valence-electron chi connectivity index (χ0n) is 16.4. The number of halogens is 1. The molecule has 0 atom stereocenters. The van der Waals surface area contributed by atoms with Crippen molar-refractivity contribution in [2.24, 2.45) is 0 Å². The van der Waals surface area contributed by atoms with Crippen LogP contribution in [0.1, 0.15) is 15.9 Å². The van der Waals surface area contributed by atoms with Gasteiger partial charge in [-0.1, -0.05) is 0 Å². The molecule has 0 radical (unpaired) electrons. The molecule has 154 valence electrons. The van der Waals surface area contributed by atoms with Gasteiger partial charge < -0.3 is 19.9 Å². The highest BCUT2D eigenvalue weighted by molar-refractivity contribution is 5.95. The Kier molecular flexibility index (Phi) is 6.28. The van der Waals surface area contributed by atoms with Crippen LogP contribution in [0.5, 0.6) is 5.75 Å². The van der Waals surface area contributed by atoms with Crippen LogP contribution in [0.25, 0.3) is 0 Å². The normalized spacial score (nSPS) is 14.5. The summed E-state index contributed by atoms with van der Waals surface area (Å²) in [6.07, 6.45) is 0. The molecule has 3 rings (SSSR count). The lowest BCUT2D eigenvalue weighted by molar-refractivity contribution is -0.917. The molecule has 2 aromatic rings. The van der Waals surface area contributed by atoms with Gasteiger partial charge in [-0.3, -0.25) is 14.9 Å². The largest absolute Gasteiger partial charge is 0.496 e. The van der Waals surface area contributed by atoms with Crippen molar-refractivity contribution in [2.45, 2.75) is 6.54 Å². The second-order valence-corrected chi connectivity index (χ2v) is 6.91. The lowest BCUT2D eigenvalue weighted by Gasteiger charge is -2.32. The van der Waals surface area contributed by atoms with Gasteiger partial charge >= 0.3 is 0 Å². The molecule has 0 spiro atoms. The number of carbonyl (C=O) groups is 1. The maximum absolute atomic E-state index is 13.6. The number of amides is 1. The highest BCUT2D eigenvalue weighted by Gasteiger charge is 2.27. The van der Waals surface area contributed by atoms with Gasteiger partial charge in [0.05, 0.1) is 43.8 Å². The van der Waals surface area contributed by atoms with Crippen LogP contribution in [0.2, 0.25) is 0 Å². The first-order valence-electron chi connectivity index (χ1n) is 9.34. The zero-order valence-corrected chi connectivity index (χ0v) is 16.4. The molecular formula is C20H24FN4O4+. The van der Waals surface area contributed by atoms with E-state index >= 15 is 0 Å². The molecule has 1 amide bonds. The quantitative estimate of drug-likeness (QED) is 0.561. The van der Waals surface area contributed by atoms with Crippen molar-refractivity contribution in [3.63, 3.8) is 0 Å². The standard InChI is InChI=1S/C20H23FN4O4/c1-22-17-5-3-14(12-18(17)25(27)28)20(26)24-9-7-23(8-10-24)13-15-11-16(21)4-6-19(15)29-2/h3-6,11-12,22H,7-10,13H2,1-2H3/p+1. The van der Waals surface area contributed by atoms with Crippen LogP contribution in [0.4, 0.5) is 15.8 Å². The van der Waals surface area contributed by atoms with Crippen molar-refractivity contribution in [3.8, 4) is 5.75 Å². The van der Waals surface area contributed by atoms with Crippen LogP contribution in [-0.2, 0) is 6.54 Å². The van der Waals surface area contributed by atoms with Crippen molar-refractivity contribution in [3.05, 3.63) is 63.5 Å². The summed E-state index contributed by atoms with van der Waals surface area (Å²) in [7, 11) is 3.15. The highest BCUT2D eigenvalue weighted by atomic mass is 19.1. The molecule has 2 N–H and O–H groups in total. The SMILES string of the molecule is CNc1ccc(C(=O)N2CC[NH+](Cc3cc(F)ccc3OC)CC2)cc1[N+](=O)[O-]. The number of rotatable bonds is 6. The van der Waals surface area contributed by atoms with E-state index < -0.39 is 4.92 Å². The fourth-order valence-electron chi connectivity index (χ4n) is 3.57. The van der Waals surface area contributed by atoms with Crippen molar-refractivity contribution in [1.82, 2.24) is 4.90 Å². The van der Waals surface area contributed by atoms with Crippen LogP contribution >= 0.6 is 0 Å². The third-order valence-corrected chi connectivity index (χ3v) is 5.15. The molecular weight excluding hydrogens is 379 g/mol. The van der Waals surface area contributed by atoms with E-state index in [4.69, 9.17) is 4.74 Å². The minimum Gasteiger partial charge on any atom is -0.496 e. The molecule has 1 aliphatic rings. The van der Waals surface area contributed by atoms with Crippen molar-refractivity contribution in [1.29, 1.82) is 0 Å². The number of methoxy groups -OCH3 is 1. The van der Waals surface area contributed by atoms with Gasteiger partial charge in [0.15, 0.2) is 0 Å². The average Bonchev–Trinajstić information content (AvgIpc) is 2.73. The molecule has 0 aromatic heterocycles. The Labute approximate surface area is 168 Å². The number of nitro groups is 1. The van der Waals surface area contributed by atoms with Crippen molar-refractivity contribution in [2.75, 3.05) is 45.7 Å². The lowest BCUT2D eigenvalue weighted by Crippen LogP contribution is -3.13. The van der Waals surface area contributed by atoms with E-state index in [1.807, 2.05) is 0 Å². The van der Waals surface area contributed by atoms with Crippen LogP contribution < -0.4 is 15.0 Å². The summed E-state index contributed by atoms with van der Waals surface area (Å²) in [6.45, 7) is 3.04. The monoisotopic (exact) mass is 403 g/mol. The minimum atomic E-state index is -0.503. The van der Waals surface area contributed by atoms with Crippen LogP contribution in [0, 0.1) is 15.9 Å². The van der Waals surface area contributed by atoms with E-state index in [2.05, 4.69) is 5.32 Å². The number of piperazine rings is 1. The second kappa shape index (κ2) is 8.87. The summed E-state index contributed by atoms with van der Waals surface area (Å²) >= 11 is 0. The van der Waals surface area contributed by atoms with Crippen LogP contribution in [0.15, 0.2) is 36.4 Å². The molecule has 0 unspecified atom stereocenters. The van der Waals surface area contributed by atoms with E-state index in [9.17, 15) is 19.3 Å². The van der Waals surface area contributed by atoms with Crippen LogP contribution in [0.3, 0.4) is 0 Å². The molecule has 1 aliphatic heterocycles. The molecule has 2 aromatic carbocycles. The second-order valence-electron chi connectivity index (χ2n) is 6.91. The summed E-state index contributed by atoms with van der Waals surface area (Å²) in [4.78, 5) is 26.4. The number of nitrogens with zero attached hydrogens (tertiary/aromatic N) is 2.